The molecule has 0 unspecified atom stereocenters. The molecule has 2 aromatic rings. The van der Waals surface area contributed by atoms with E-state index >= 15 is 0 Å². The quantitative estimate of drug-likeness (QED) is 0.608. The Labute approximate surface area is 102 Å². The first-order valence-corrected chi connectivity index (χ1v) is 4.97. The van der Waals surface area contributed by atoms with Crippen molar-refractivity contribution >= 4 is 5.69 Å². The average molecular weight is 241 g/mol. The van der Waals surface area contributed by atoms with E-state index < -0.39 is 4.92 Å². The van der Waals surface area contributed by atoms with E-state index in [1.807, 2.05) is 6.07 Å². The molecule has 2 rings (SSSR count). The van der Waals surface area contributed by atoms with Gasteiger partial charge in [-0.3, -0.25) is 10.1 Å². The van der Waals surface area contributed by atoms with Crippen molar-refractivity contribution in [3.05, 3.63) is 58.3 Å². The molecule has 1 aromatic heterocycles. The summed E-state index contributed by atoms with van der Waals surface area (Å²) >= 11 is 0. The Morgan fingerprint density at radius 2 is 2.00 bits per heavy atom. The minimum atomic E-state index is -0.488. The number of pyridine rings is 1. The number of nitrogens with zero attached hydrogens (tertiary/aromatic N) is 3. The summed E-state index contributed by atoms with van der Waals surface area (Å²) in [5, 5.41) is 19.2. The molecular formula is C12H7N3O3. The van der Waals surface area contributed by atoms with Crippen LogP contribution in [0.2, 0.25) is 0 Å². The number of aromatic nitrogens is 1. The van der Waals surface area contributed by atoms with Crippen LogP contribution in [0.15, 0.2) is 42.6 Å². The summed E-state index contributed by atoms with van der Waals surface area (Å²) in [5.41, 5.74) is 0.419. The Morgan fingerprint density at radius 1 is 1.28 bits per heavy atom. The maximum Gasteiger partial charge on any atom is 0.269 e. The number of hydrogen-bond acceptors (Lipinski definition) is 5. The van der Waals surface area contributed by atoms with Crippen molar-refractivity contribution in [2.45, 2.75) is 0 Å². The summed E-state index contributed by atoms with van der Waals surface area (Å²) in [6, 6.07) is 10.6. The van der Waals surface area contributed by atoms with Gasteiger partial charge in [-0.1, -0.05) is 0 Å². The normalized spacial score (nSPS) is 9.50. The first-order chi connectivity index (χ1) is 8.69. The van der Waals surface area contributed by atoms with Crippen LogP contribution >= 0.6 is 0 Å². The van der Waals surface area contributed by atoms with Gasteiger partial charge in [0.2, 0.25) is 5.88 Å². The molecule has 0 spiro atoms. The fourth-order valence-electron chi connectivity index (χ4n) is 1.29. The van der Waals surface area contributed by atoms with Crippen LogP contribution in [0.4, 0.5) is 5.69 Å². The van der Waals surface area contributed by atoms with Crippen LogP contribution < -0.4 is 4.74 Å². The van der Waals surface area contributed by atoms with Crippen molar-refractivity contribution < 1.29 is 9.66 Å². The monoisotopic (exact) mass is 241 g/mol. The average Bonchev–Trinajstić information content (AvgIpc) is 2.39. The molecule has 0 aliphatic heterocycles. The second-order valence-corrected chi connectivity index (χ2v) is 3.35. The van der Waals surface area contributed by atoms with Crippen molar-refractivity contribution in [2.24, 2.45) is 0 Å². The second kappa shape index (κ2) is 4.93. The SMILES string of the molecule is N#Cc1ccnc(Oc2ccc([N+](=O)[O-])cc2)c1. The smallest absolute Gasteiger partial charge is 0.269 e. The molecule has 1 aromatic carbocycles. The number of ether oxygens (including phenoxy) is 1. The van der Waals surface area contributed by atoms with Crippen molar-refractivity contribution in [2.75, 3.05) is 0 Å². The van der Waals surface area contributed by atoms with E-state index in [0.29, 0.717) is 11.3 Å². The van der Waals surface area contributed by atoms with Crippen molar-refractivity contribution in [1.29, 1.82) is 5.26 Å². The van der Waals surface area contributed by atoms with Gasteiger partial charge in [0.15, 0.2) is 0 Å². The van der Waals surface area contributed by atoms with Gasteiger partial charge in [-0.05, 0) is 18.2 Å². The molecule has 0 N–H and O–H groups in total. The number of non-ortho nitro benzene ring substituents is 1. The zero-order valence-corrected chi connectivity index (χ0v) is 9.11. The second-order valence-electron chi connectivity index (χ2n) is 3.35. The van der Waals surface area contributed by atoms with Gasteiger partial charge < -0.3 is 4.74 Å². The first-order valence-electron chi connectivity index (χ1n) is 4.97. The summed E-state index contributed by atoms with van der Waals surface area (Å²) in [6.45, 7) is 0. The van der Waals surface area contributed by atoms with Gasteiger partial charge in [-0.2, -0.15) is 5.26 Å². The van der Waals surface area contributed by atoms with Crippen LogP contribution in [0.1, 0.15) is 5.56 Å². The van der Waals surface area contributed by atoms with Gasteiger partial charge in [-0.15, -0.1) is 0 Å². The molecule has 0 atom stereocenters. The molecule has 0 saturated carbocycles. The third-order valence-corrected chi connectivity index (χ3v) is 2.13. The molecule has 0 aliphatic rings. The zero-order valence-electron chi connectivity index (χ0n) is 9.11. The van der Waals surface area contributed by atoms with Crippen LogP contribution in [-0.2, 0) is 0 Å². The summed E-state index contributed by atoms with van der Waals surface area (Å²) in [6.07, 6.45) is 1.46. The largest absolute Gasteiger partial charge is 0.439 e. The molecule has 0 bridgehead atoms. The Hall–Kier alpha value is -2.94. The number of nitro groups is 1. The minimum Gasteiger partial charge on any atom is -0.439 e. The van der Waals surface area contributed by atoms with Gasteiger partial charge in [0.05, 0.1) is 16.6 Å². The number of benzene rings is 1. The highest BCUT2D eigenvalue weighted by atomic mass is 16.6. The van der Waals surface area contributed by atoms with Gasteiger partial charge in [0, 0.05) is 24.4 Å². The Kier molecular flexibility index (Phi) is 3.16. The lowest BCUT2D eigenvalue weighted by Gasteiger charge is -2.03. The molecule has 88 valence electrons. The van der Waals surface area contributed by atoms with Crippen LogP contribution in [0.3, 0.4) is 0 Å². The lowest BCUT2D eigenvalue weighted by Crippen LogP contribution is -1.90. The maximum absolute atomic E-state index is 10.5. The molecule has 18 heavy (non-hydrogen) atoms. The van der Waals surface area contributed by atoms with Gasteiger partial charge >= 0.3 is 0 Å². The predicted molar refractivity (Wildman–Crippen MR) is 62.1 cm³/mol. The minimum absolute atomic E-state index is 0.0129. The number of rotatable bonds is 3. The lowest BCUT2D eigenvalue weighted by atomic mass is 10.3. The van der Waals surface area contributed by atoms with Crippen molar-refractivity contribution in [3.8, 4) is 17.7 Å². The maximum atomic E-state index is 10.5. The van der Waals surface area contributed by atoms with Crippen LogP contribution in [0, 0.1) is 21.4 Å². The zero-order chi connectivity index (χ0) is 13.0. The fourth-order valence-corrected chi connectivity index (χ4v) is 1.29. The van der Waals surface area contributed by atoms with E-state index in [0.717, 1.165) is 0 Å². The molecule has 6 nitrogen and oxygen atoms in total. The highest BCUT2D eigenvalue weighted by Gasteiger charge is 2.05. The third-order valence-electron chi connectivity index (χ3n) is 2.13. The van der Waals surface area contributed by atoms with E-state index in [4.69, 9.17) is 10.00 Å². The summed E-state index contributed by atoms with van der Waals surface area (Å²) in [7, 11) is 0. The fraction of sp³-hybridized carbons (Fsp3) is 0. The molecule has 6 heteroatoms. The van der Waals surface area contributed by atoms with E-state index in [1.165, 1.54) is 36.5 Å². The number of hydrogen-bond donors (Lipinski definition) is 0. The Bertz CT molecular complexity index is 617. The summed E-state index contributed by atoms with van der Waals surface area (Å²) in [4.78, 5) is 13.9. The Balaban J connectivity index is 2.18. The highest BCUT2D eigenvalue weighted by molar-refractivity contribution is 5.38. The van der Waals surface area contributed by atoms with E-state index in [9.17, 15) is 10.1 Å². The van der Waals surface area contributed by atoms with Gasteiger partial charge in [0.25, 0.3) is 5.69 Å². The topological polar surface area (TPSA) is 89.0 Å². The van der Waals surface area contributed by atoms with E-state index in [1.54, 1.807) is 6.07 Å². The van der Waals surface area contributed by atoms with Crippen LogP contribution in [0.25, 0.3) is 0 Å². The van der Waals surface area contributed by atoms with Crippen molar-refractivity contribution in [3.63, 3.8) is 0 Å². The Morgan fingerprint density at radius 3 is 2.61 bits per heavy atom. The predicted octanol–water partition coefficient (Wildman–Crippen LogP) is 2.65. The molecule has 1 heterocycles. The van der Waals surface area contributed by atoms with E-state index in [-0.39, 0.29) is 11.6 Å². The molecule has 0 radical (unpaired) electrons. The van der Waals surface area contributed by atoms with E-state index in [2.05, 4.69) is 4.98 Å². The van der Waals surface area contributed by atoms with Gasteiger partial charge in [0.1, 0.15) is 5.75 Å². The summed E-state index contributed by atoms with van der Waals surface area (Å²) < 4.78 is 5.37. The third kappa shape index (κ3) is 2.59. The number of nitriles is 1. The van der Waals surface area contributed by atoms with Crippen molar-refractivity contribution in [1.82, 2.24) is 4.98 Å². The standard InChI is InChI=1S/C12H7N3O3/c13-8-9-5-6-14-12(7-9)18-11-3-1-10(2-4-11)15(16)17/h1-7H. The highest BCUT2D eigenvalue weighted by Crippen LogP contribution is 2.22. The molecule has 0 amide bonds. The molecule has 0 saturated heterocycles. The van der Waals surface area contributed by atoms with Gasteiger partial charge in [-0.25, -0.2) is 4.98 Å². The van der Waals surface area contributed by atoms with Crippen LogP contribution in [0.5, 0.6) is 11.6 Å². The molecule has 0 aliphatic carbocycles. The lowest BCUT2D eigenvalue weighted by molar-refractivity contribution is -0.384. The summed E-state index contributed by atoms with van der Waals surface area (Å²) in [5.74, 6) is 0.686. The molecular weight excluding hydrogens is 234 g/mol. The first kappa shape index (κ1) is 11.5. The van der Waals surface area contributed by atoms with Crippen LogP contribution in [-0.4, -0.2) is 9.91 Å². The molecule has 0 fully saturated rings. The number of nitro benzene ring substituents is 1.